The van der Waals surface area contributed by atoms with Crippen molar-refractivity contribution in [1.82, 2.24) is 4.98 Å². The van der Waals surface area contributed by atoms with Gasteiger partial charge in [-0.05, 0) is 36.2 Å². The molecule has 1 aromatic rings. The van der Waals surface area contributed by atoms with E-state index >= 15 is 0 Å². The summed E-state index contributed by atoms with van der Waals surface area (Å²) < 4.78 is 12.8. The third-order valence-electron chi connectivity index (χ3n) is 5.37. The first-order valence-electron chi connectivity index (χ1n) is 9.49. The van der Waals surface area contributed by atoms with Gasteiger partial charge in [0.2, 0.25) is 8.32 Å². The van der Waals surface area contributed by atoms with E-state index in [-0.39, 0.29) is 23.8 Å². The molecule has 0 saturated carbocycles. The van der Waals surface area contributed by atoms with Crippen molar-refractivity contribution in [2.75, 3.05) is 0 Å². The van der Waals surface area contributed by atoms with E-state index in [1.807, 2.05) is 0 Å². The Labute approximate surface area is 156 Å². The summed E-state index contributed by atoms with van der Waals surface area (Å²) in [7, 11) is -1.81. The molecular weight excluding hydrogens is 348 g/mol. The highest BCUT2D eigenvalue weighted by Gasteiger charge is 2.36. The molecule has 1 aromatic heterocycles. The van der Waals surface area contributed by atoms with E-state index in [4.69, 9.17) is 9.16 Å². The molecule has 0 aliphatic carbocycles. The molecule has 0 amide bonds. The normalized spacial score (nSPS) is 20.8. The van der Waals surface area contributed by atoms with Gasteiger partial charge in [-0.1, -0.05) is 34.6 Å². The summed E-state index contributed by atoms with van der Waals surface area (Å²) in [6.45, 7) is 10.8. The topological polar surface area (TPSA) is 74.5 Å². The Balaban J connectivity index is 2.35. The molecule has 1 aliphatic rings. The molecule has 2 heterocycles. The van der Waals surface area contributed by atoms with E-state index in [9.17, 15) is 10.1 Å². The van der Waals surface area contributed by atoms with Crippen molar-refractivity contribution in [3.63, 3.8) is 0 Å². The molecular formula is C19H30N2O4Si. The second-order valence-electron chi connectivity index (χ2n) is 7.21. The minimum Gasteiger partial charge on any atom is -0.547 e. The average Bonchev–Trinajstić information content (AvgIpc) is 2.66. The minimum absolute atomic E-state index is 0.00578. The van der Waals surface area contributed by atoms with Gasteiger partial charge in [-0.2, -0.15) is 0 Å². The Morgan fingerprint density at radius 3 is 2.54 bits per heavy atom. The number of aromatic nitrogens is 1. The smallest absolute Gasteiger partial charge is 0.293 e. The molecule has 0 saturated heterocycles. The molecule has 0 bridgehead atoms. The highest BCUT2D eigenvalue weighted by molar-refractivity contribution is 6.73. The number of nitrogens with zero attached hydrogens (tertiary/aromatic N) is 2. The van der Waals surface area contributed by atoms with Crippen LogP contribution in [0.15, 0.2) is 30.3 Å². The van der Waals surface area contributed by atoms with E-state index in [0.29, 0.717) is 12.0 Å². The Morgan fingerprint density at radius 1 is 1.35 bits per heavy atom. The lowest BCUT2D eigenvalue weighted by molar-refractivity contribution is -0.386. The largest absolute Gasteiger partial charge is 0.547 e. The second-order valence-corrected chi connectivity index (χ2v) is 11.9. The van der Waals surface area contributed by atoms with E-state index in [0.717, 1.165) is 23.9 Å². The summed E-state index contributed by atoms with van der Waals surface area (Å²) in [5.41, 5.74) is 0.577. The zero-order valence-electron chi connectivity index (χ0n) is 16.4. The van der Waals surface area contributed by atoms with E-state index in [2.05, 4.69) is 45.7 Å². The van der Waals surface area contributed by atoms with Crippen LogP contribution in [0.25, 0.3) is 0 Å². The number of hydrogen-bond acceptors (Lipinski definition) is 5. The second kappa shape index (κ2) is 8.77. The molecule has 0 radical (unpaired) electrons. The zero-order chi connectivity index (χ0) is 19.3. The monoisotopic (exact) mass is 378 g/mol. The summed E-state index contributed by atoms with van der Waals surface area (Å²) >= 11 is 0. The molecule has 2 unspecified atom stereocenters. The first-order valence-corrected chi connectivity index (χ1v) is 12.0. The van der Waals surface area contributed by atoms with Gasteiger partial charge in [0, 0.05) is 12.6 Å². The Kier molecular flexibility index (Phi) is 6.94. The molecule has 26 heavy (non-hydrogen) atoms. The molecule has 0 fully saturated rings. The van der Waals surface area contributed by atoms with Gasteiger partial charge in [-0.15, -0.1) is 0 Å². The van der Waals surface area contributed by atoms with Crippen LogP contribution in [0.1, 0.15) is 52.7 Å². The number of ether oxygens (including phenoxy) is 1. The maximum absolute atomic E-state index is 11.4. The van der Waals surface area contributed by atoms with Crippen LogP contribution in [-0.4, -0.2) is 24.3 Å². The predicted octanol–water partition coefficient (Wildman–Crippen LogP) is 5.38. The van der Waals surface area contributed by atoms with Crippen molar-refractivity contribution in [3.05, 3.63) is 46.0 Å². The number of pyridine rings is 1. The number of rotatable bonds is 8. The summed E-state index contributed by atoms with van der Waals surface area (Å²) in [5, 5.41) is 11.4. The first-order chi connectivity index (χ1) is 12.4. The highest BCUT2D eigenvalue weighted by Crippen LogP contribution is 2.39. The molecule has 0 aromatic carbocycles. The predicted molar refractivity (Wildman–Crippen MR) is 104 cm³/mol. The van der Waals surface area contributed by atoms with Gasteiger partial charge in [0.15, 0.2) is 0 Å². The van der Waals surface area contributed by atoms with Crippen LogP contribution in [0.5, 0.6) is 0 Å². The Bertz CT molecular complexity index is 650. The van der Waals surface area contributed by atoms with Gasteiger partial charge in [0.25, 0.3) is 5.69 Å². The molecule has 2 rings (SSSR count). The fourth-order valence-electron chi connectivity index (χ4n) is 3.39. The fraction of sp³-hybridized carbons (Fsp3) is 0.632. The van der Waals surface area contributed by atoms with Crippen LogP contribution in [0.3, 0.4) is 0 Å². The van der Waals surface area contributed by atoms with Gasteiger partial charge in [-0.25, -0.2) is 0 Å². The molecule has 0 N–H and O–H groups in total. The van der Waals surface area contributed by atoms with Crippen molar-refractivity contribution >= 4 is 14.0 Å². The van der Waals surface area contributed by atoms with Gasteiger partial charge in [0.05, 0.1) is 28.5 Å². The van der Waals surface area contributed by atoms with Crippen LogP contribution < -0.4 is 0 Å². The SMILES string of the molecule is CC[Si](CC)(CC)OC1=CC(C(C)C)OC(c2ccncc2[N+](=O)[O-])C1. The van der Waals surface area contributed by atoms with Crippen LogP contribution >= 0.6 is 0 Å². The van der Waals surface area contributed by atoms with E-state index in [1.54, 1.807) is 12.3 Å². The highest BCUT2D eigenvalue weighted by atomic mass is 28.4. The molecule has 1 aliphatic heterocycles. The van der Waals surface area contributed by atoms with E-state index in [1.165, 1.54) is 6.20 Å². The maximum Gasteiger partial charge on any atom is 0.293 e. The first kappa shape index (κ1) is 20.6. The van der Waals surface area contributed by atoms with Gasteiger partial charge in [-0.3, -0.25) is 15.1 Å². The van der Waals surface area contributed by atoms with Crippen molar-refractivity contribution < 1.29 is 14.1 Å². The van der Waals surface area contributed by atoms with Crippen LogP contribution in [0, 0.1) is 16.0 Å². The summed E-state index contributed by atoms with van der Waals surface area (Å²) in [4.78, 5) is 14.9. The van der Waals surface area contributed by atoms with Crippen molar-refractivity contribution in [3.8, 4) is 0 Å². The quantitative estimate of drug-likeness (QED) is 0.345. The lowest BCUT2D eigenvalue weighted by atomic mass is 9.97. The Hall–Kier alpha value is -1.73. The van der Waals surface area contributed by atoms with Crippen molar-refractivity contribution in [1.29, 1.82) is 0 Å². The number of hydrogen-bond donors (Lipinski definition) is 0. The summed E-state index contributed by atoms with van der Waals surface area (Å²) in [6, 6.07) is 4.87. The van der Waals surface area contributed by atoms with Crippen LogP contribution in [0.4, 0.5) is 5.69 Å². The molecule has 6 nitrogen and oxygen atoms in total. The lowest BCUT2D eigenvalue weighted by Gasteiger charge is -2.36. The summed E-state index contributed by atoms with van der Waals surface area (Å²) in [6.07, 6.45) is 4.99. The standard InChI is InChI=1S/C19H30N2O4Si/c1-6-26(7-2,8-3)25-15-11-18(14(4)5)24-19(12-15)16-9-10-20-13-17(16)21(22)23/h9-11,13-14,18-19H,6-8,12H2,1-5H3. The van der Waals surface area contributed by atoms with Gasteiger partial charge >= 0.3 is 0 Å². The Morgan fingerprint density at radius 2 is 2.00 bits per heavy atom. The van der Waals surface area contributed by atoms with Crippen LogP contribution in [-0.2, 0) is 9.16 Å². The lowest BCUT2D eigenvalue weighted by Crippen LogP contribution is -2.37. The number of nitro groups is 1. The van der Waals surface area contributed by atoms with E-state index < -0.39 is 13.2 Å². The zero-order valence-corrected chi connectivity index (χ0v) is 17.4. The van der Waals surface area contributed by atoms with Gasteiger partial charge < -0.3 is 9.16 Å². The van der Waals surface area contributed by atoms with Crippen LogP contribution in [0.2, 0.25) is 18.1 Å². The van der Waals surface area contributed by atoms with Gasteiger partial charge in [0.1, 0.15) is 6.20 Å². The maximum atomic E-state index is 11.4. The third-order valence-corrected chi connectivity index (χ3v) is 9.93. The van der Waals surface area contributed by atoms with Crippen molar-refractivity contribution in [2.24, 2.45) is 5.92 Å². The molecule has 2 atom stereocenters. The molecule has 144 valence electrons. The molecule has 0 spiro atoms. The minimum atomic E-state index is -1.81. The molecule has 7 heteroatoms. The van der Waals surface area contributed by atoms with Crippen molar-refractivity contribution in [2.45, 2.75) is 71.4 Å². The third kappa shape index (κ3) is 4.51. The fourth-order valence-corrected chi connectivity index (χ4v) is 6.03. The average molecular weight is 379 g/mol. The summed E-state index contributed by atoms with van der Waals surface area (Å²) in [5.74, 6) is 1.20.